The zero-order valence-electron chi connectivity index (χ0n) is 11.0. The van der Waals surface area contributed by atoms with Crippen molar-refractivity contribution in [2.24, 2.45) is 17.6 Å². The fraction of sp³-hybridized carbons (Fsp3) is 0.500. The number of nitrogens with one attached hydrogen (secondary N) is 1. The molecular formula is C14H17BrCl2N2O. The monoisotopic (exact) mass is 378 g/mol. The lowest BCUT2D eigenvalue weighted by Crippen LogP contribution is -2.29. The van der Waals surface area contributed by atoms with Gasteiger partial charge in [-0.05, 0) is 50.3 Å². The number of benzene rings is 1. The Bertz CT molecular complexity index is 479. The molecule has 1 saturated carbocycles. The minimum atomic E-state index is -0.00778. The van der Waals surface area contributed by atoms with E-state index in [1.165, 1.54) is 0 Å². The molecule has 1 aromatic carbocycles. The van der Waals surface area contributed by atoms with Crippen LogP contribution in [0.4, 0.5) is 5.69 Å². The first kappa shape index (κ1) is 16.1. The van der Waals surface area contributed by atoms with Gasteiger partial charge in [-0.3, -0.25) is 4.79 Å². The second kappa shape index (κ2) is 7.12. The molecule has 20 heavy (non-hydrogen) atoms. The van der Waals surface area contributed by atoms with E-state index < -0.39 is 0 Å². The summed E-state index contributed by atoms with van der Waals surface area (Å²) >= 11 is 15.5. The van der Waals surface area contributed by atoms with E-state index in [0.717, 1.165) is 30.2 Å². The Morgan fingerprint density at radius 3 is 2.30 bits per heavy atom. The van der Waals surface area contributed by atoms with Gasteiger partial charge in [0.1, 0.15) is 0 Å². The Hall–Kier alpha value is -0.290. The van der Waals surface area contributed by atoms with E-state index >= 15 is 0 Å². The third-order valence-electron chi connectivity index (χ3n) is 3.81. The van der Waals surface area contributed by atoms with Crippen LogP contribution < -0.4 is 11.1 Å². The number of carbonyl (C=O) groups excluding carboxylic acids is 1. The second-order valence-electron chi connectivity index (χ2n) is 5.19. The van der Waals surface area contributed by atoms with Crippen LogP contribution in [0.15, 0.2) is 16.6 Å². The van der Waals surface area contributed by atoms with Crippen molar-refractivity contribution < 1.29 is 4.79 Å². The van der Waals surface area contributed by atoms with Crippen molar-refractivity contribution in [3.05, 3.63) is 26.7 Å². The van der Waals surface area contributed by atoms with E-state index in [1.807, 2.05) is 0 Å². The number of anilines is 1. The predicted octanol–water partition coefficient (Wildman–Crippen LogP) is 4.46. The van der Waals surface area contributed by atoms with Crippen molar-refractivity contribution >= 4 is 50.7 Å². The van der Waals surface area contributed by atoms with Gasteiger partial charge in [0.2, 0.25) is 5.91 Å². The molecule has 0 spiro atoms. The highest BCUT2D eigenvalue weighted by molar-refractivity contribution is 9.10. The molecule has 0 bridgehead atoms. The Balaban J connectivity index is 2.02. The van der Waals surface area contributed by atoms with Gasteiger partial charge in [-0.15, -0.1) is 0 Å². The van der Waals surface area contributed by atoms with Gasteiger partial charge in [0.15, 0.2) is 0 Å². The minimum Gasteiger partial charge on any atom is -0.330 e. The Morgan fingerprint density at radius 1 is 1.25 bits per heavy atom. The minimum absolute atomic E-state index is 0.00778. The zero-order valence-corrected chi connectivity index (χ0v) is 14.1. The van der Waals surface area contributed by atoms with Crippen molar-refractivity contribution in [2.45, 2.75) is 25.7 Å². The van der Waals surface area contributed by atoms with Crippen molar-refractivity contribution in [1.82, 2.24) is 0 Å². The van der Waals surface area contributed by atoms with Crippen molar-refractivity contribution in [1.29, 1.82) is 0 Å². The van der Waals surface area contributed by atoms with Gasteiger partial charge in [-0.25, -0.2) is 0 Å². The second-order valence-corrected chi connectivity index (χ2v) is 6.92. The standard InChI is InChI=1S/C14H17BrCl2N2O/c15-10-5-11(16)13(12(17)6-10)19-14(20)9-3-1-8(7-18)2-4-9/h5-6,8-9H,1-4,7,18H2,(H,19,20). The molecule has 6 heteroatoms. The average Bonchev–Trinajstić information content (AvgIpc) is 2.42. The quantitative estimate of drug-likeness (QED) is 0.814. The summed E-state index contributed by atoms with van der Waals surface area (Å²) < 4.78 is 0.786. The summed E-state index contributed by atoms with van der Waals surface area (Å²) in [6.45, 7) is 0.707. The highest BCUT2D eigenvalue weighted by Crippen LogP contribution is 2.35. The molecule has 110 valence electrons. The summed E-state index contributed by atoms with van der Waals surface area (Å²) in [4.78, 5) is 12.3. The molecule has 1 aliphatic carbocycles. The third-order valence-corrected chi connectivity index (χ3v) is 4.86. The highest BCUT2D eigenvalue weighted by atomic mass is 79.9. The Kier molecular flexibility index (Phi) is 5.73. The molecule has 0 heterocycles. The predicted molar refractivity (Wildman–Crippen MR) is 87.3 cm³/mol. The van der Waals surface area contributed by atoms with Gasteiger partial charge in [0, 0.05) is 10.4 Å². The molecule has 1 aliphatic rings. The molecule has 0 radical (unpaired) electrons. The molecule has 0 aliphatic heterocycles. The fourth-order valence-corrected chi connectivity index (χ4v) is 3.85. The van der Waals surface area contributed by atoms with Gasteiger partial charge in [0.05, 0.1) is 15.7 Å². The molecule has 1 fully saturated rings. The number of hydrogen-bond donors (Lipinski definition) is 2. The SMILES string of the molecule is NCC1CCC(C(=O)Nc2c(Cl)cc(Br)cc2Cl)CC1. The molecule has 0 atom stereocenters. The summed E-state index contributed by atoms with van der Waals surface area (Å²) in [5.74, 6) is 0.569. The molecule has 3 N–H and O–H groups in total. The largest absolute Gasteiger partial charge is 0.330 e. The number of hydrogen-bond acceptors (Lipinski definition) is 2. The van der Waals surface area contributed by atoms with E-state index in [0.29, 0.717) is 28.2 Å². The molecule has 0 unspecified atom stereocenters. The highest BCUT2D eigenvalue weighted by Gasteiger charge is 2.26. The van der Waals surface area contributed by atoms with Crippen molar-refractivity contribution in [3.63, 3.8) is 0 Å². The van der Waals surface area contributed by atoms with Crippen LogP contribution in [0, 0.1) is 11.8 Å². The molecule has 1 amide bonds. The van der Waals surface area contributed by atoms with Crippen LogP contribution >= 0.6 is 39.1 Å². The number of carbonyl (C=O) groups is 1. The number of rotatable bonds is 3. The van der Waals surface area contributed by atoms with Gasteiger partial charge in [-0.1, -0.05) is 39.1 Å². The average molecular weight is 380 g/mol. The lowest BCUT2D eigenvalue weighted by atomic mass is 9.81. The van der Waals surface area contributed by atoms with Crippen LogP contribution in [-0.4, -0.2) is 12.5 Å². The van der Waals surface area contributed by atoms with Crippen LogP contribution in [0.25, 0.3) is 0 Å². The first-order valence-corrected chi connectivity index (χ1v) is 8.21. The van der Waals surface area contributed by atoms with Gasteiger partial charge in [0.25, 0.3) is 0 Å². The number of nitrogens with two attached hydrogens (primary N) is 1. The number of amides is 1. The number of halogens is 3. The fourth-order valence-electron chi connectivity index (χ4n) is 2.55. The summed E-state index contributed by atoms with van der Waals surface area (Å²) in [6.07, 6.45) is 3.77. The van der Waals surface area contributed by atoms with Crippen molar-refractivity contribution in [3.8, 4) is 0 Å². The molecule has 0 aromatic heterocycles. The topological polar surface area (TPSA) is 55.1 Å². The summed E-state index contributed by atoms with van der Waals surface area (Å²) in [6, 6.07) is 3.43. The lowest BCUT2D eigenvalue weighted by Gasteiger charge is -2.27. The normalized spacial score (nSPS) is 22.6. The first-order chi connectivity index (χ1) is 9.51. The van der Waals surface area contributed by atoms with Crippen molar-refractivity contribution in [2.75, 3.05) is 11.9 Å². The van der Waals surface area contributed by atoms with Crippen LogP contribution in [0.5, 0.6) is 0 Å². The Labute approximate surface area is 137 Å². The van der Waals surface area contributed by atoms with E-state index in [9.17, 15) is 4.79 Å². The maximum atomic E-state index is 12.3. The van der Waals surface area contributed by atoms with Crippen LogP contribution in [-0.2, 0) is 4.79 Å². The van der Waals surface area contributed by atoms with Gasteiger partial charge >= 0.3 is 0 Å². The van der Waals surface area contributed by atoms with E-state index in [1.54, 1.807) is 12.1 Å². The van der Waals surface area contributed by atoms with Gasteiger partial charge in [-0.2, -0.15) is 0 Å². The van der Waals surface area contributed by atoms with Crippen LogP contribution in [0.1, 0.15) is 25.7 Å². The van der Waals surface area contributed by atoms with E-state index in [-0.39, 0.29) is 11.8 Å². The Morgan fingerprint density at radius 2 is 1.80 bits per heavy atom. The zero-order chi connectivity index (χ0) is 14.7. The molecule has 3 nitrogen and oxygen atoms in total. The van der Waals surface area contributed by atoms with Crippen LogP contribution in [0.2, 0.25) is 10.0 Å². The molecular weight excluding hydrogens is 363 g/mol. The third kappa shape index (κ3) is 3.88. The van der Waals surface area contributed by atoms with E-state index in [4.69, 9.17) is 28.9 Å². The van der Waals surface area contributed by atoms with Crippen LogP contribution in [0.3, 0.4) is 0 Å². The van der Waals surface area contributed by atoms with E-state index in [2.05, 4.69) is 21.2 Å². The first-order valence-electron chi connectivity index (χ1n) is 6.66. The maximum absolute atomic E-state index is 12.3. The summed E-state index contributed by atoms with van der Waals surface area (Å²) in [5, 5.41) is 3.73. The molecule has 2 rings (SSSR count). The summed E-state index contributed by atoms with van der Waals surface area (Å²) in [7, 11) is 0. The lowest BCUT2D eigenvalue weighted by molar-refractivity contribution is -0.121. The molecule has 1 aromatic rings. The summed E-state index contributed by atoms with van der Waals surface area (Å²) in [5.41, 5.74) is 6.15. The molecule has 0 saturated heterocycles. The smallest absolute Gasteiger partial charge is 0.227 e. The van der Waals surface area contributed by atoms with Gasteiger partial charge < -0.3 is 11.1 Å². The maximum Gasteiger partial charge on any atom is 0.227 e.